The third-order valence-electron chi connectivity index (χ3n) is 12.7. The van der Waals surface area contributed by atoms with Gasteiger partial charge in [-0.05, 0) is 135 Å². The first-order valence-corrected chi connectivity index (χ1v) is 21.0. The van der Waals surface area contributed by atoms with Crippen molar-refractivity contribution in [2.45, 2.75) is 26.3 Å². The van der Waals surface area contributed by atoms with Crippen molar-refractivity contribution in [1.29, 1.82) is 0 Å². The minimum Gasteiger partial charge on any atom is -0.334 e. The summed E-state index contributed by atoms with van der Waals surface area (Å²) in [4.78, 5) is 2.50. The van der Waals surface area contributed by atoms with E-state index in [-0.39, 0.29) is 6.04 Å². The number of hydrogen-bond donors (Lipinski definition) is 0. The predicted octanol–water partition coefficient (Wildman–Crippen LogP) is 15.7. The topological polar surface area (TPSA) is 8.17 Å². The van der Waals surface area contributed by atoms with Gasteiger partial charge in [0.2, 0.25) is 0 Å². The van der Waals surface area contributed by atoms with Crippen LogP contribution < -0.4 is 4.90 Å². The van der Waals surface area contributed by atoms with Crippen molar-refractivity contribution in [1.82, 2.24) is 4.57 Å². The average Bonchev–Trinajstić information content (AvgIpc) is 3.64. The molecule has 2 nitrogen and oxygen atoms in total. The highest BCUT2D eigenvalue weighted by molar-refractivity contribution is 6.21. The van der Waals surface area contributed by atoms with E-state index in [1.807, 2.05) is 0 Å². The third-order valence-corrected chi connectivity index (χ3v) is 12.7. The summed E-state index contributed by atoms with van der Waals surface area (Å²) in [6, 6.07) is 69.4. The van der Waals surface area contributed by atoms with Gasteiger partial charge in [-0.2, -0.15) is 0 Å². The molecule has 0 spiro atoms. The largest absolute Gasteiger partial charge is 0.334 e. The van der Waals surface area contributed by atoms with Gasteiger partial charge < -0.3 is 9.47 Å². The van der Waals surface area contributed by atoms with Crippen LogP contribution in [0.5, 0.6) is 0 Å². The maximum atomic E-state index is 2.50. The first-order chi connectivity index (χ1) is 29.6. The number of benzene rings is 9. The number of allylic oxidation sites excluding steroid dienone is 2. The molecule has 1 aliphatic carbocycles. The lowest BCUT2D eigenvalue weighted by atomic mass is 9.86. The monoisotopic (exact) mass is 768 g/mol. The molecule has 1 heterocycles. The van der Waals surface area contributed by atoms with E-state index in [9.17, 15) is 0 Å². The fourth-order valence-electron chi connectivity index (χ4n) is 9.79. The Kier molecular flexibility index (Phi) is 8.78. The number of aromatic nitrogens is 1. The van der Waals surface area contributed by atoms with Crippen LogP contribution in [0, 0.1) is 13.8 Å². The van der Waals surface area contributed by atoms with E-state index in [4.69, 9.17) is 0 Å². The van der Waals surface area contributed by atoms with Gasteiger partial charge in [-0.3, -0.25) is 0 Å². The Hall–Kier alpha value is -7.42. The Bertz CT molecular complexity index is 3240. The van der Waals surface area contributed by atoms with Crippen molar-refractivity contribution in [2.75, 3.05) is 4.90 Å². The Balaban J connectivity index is 1.01. The average molecular weight is 769 g/mol. The summed E-state index contributed by atoms with van der Waals surface area (Å²) in [6.45, 7) is 4.56. The molecule has 286 valence electrons. The molecule has 0 aliphatic heterocycles. The van der Waals surface area contributed by atoms with Gasteiger partial charge in [-0.15, -0.1) is 0 Å². The molecular weight excluding hydrogens is 725 g/mol. The molecule has 0 bridgehead atoms. The van der Waals surface area contributed by atoms with Crippen LogP contribution in [0.15, 0.2) is 212 Å². The van der Waals surface area contributed by atoms with E-state index in [2.05, 4.69) is 236 Å². The quantitative estimate of drug-likeness (QED) is 0.147. The molecule has 11 rings (SSSR count). The lowest BCUT2D eigenvalue weighted by Gasteiger charge is -2.34. The first kappa shape index (κ1) is 35.7. The van der Waals surface area contributed by atoms with Crippen LogP contribution in [-0.2, 0) is 0 Å². The van der Waals surface area contributed by atoms with E-state index in [1.54, 1.807) is 0 Å². The summed E-state index contributed by atoms with van der Waals surface area (Å²) in [5.41, 5.74) is 16.1. The number of para-hydroxylation sites is 2. The molecule has 9 aromatic carbocycles. The zero-order chi connectivity index (χ0) is 40.2. The Morgan fingerprint density at radius 3 is 1.63 bits per heavy atom. The van der Waals surface area contributed by atoms with Crippen LogP contribution >= 0.6 is 0 Å². The molecule has 10 aromatic rings. The summed E-state index contributed by atoms with van der Waals surface area (Å²) >= 11 is 0. The van der Waals surface area contributed by atoms with E-state index in [0.29, 0.717) is 0 Å². The van der Waals surface area contributed by atoms with Gasteiger partial charge in [0, 0.05) is 27.8 Å². The second-order valence-corrected chi connectivity index (χ2v) is 16.0. The van der Waals surface area contributed by atoms with Crippen LogP contribution in [0.25, 0.3) is 82.4 Å². The highest BCUT2D eigenvalue weighted by Crippen LogP contribution is 2.45. The van der Waals surface area contributed by atoms with Crippen LogP contribution in [0.3, 0.4) is 0 Å². The van der Waals surface area contributed by atoms with Gasteiger partial charge in [-0.25, -0.2) is 0 Å². The molecule has 60 heavy (non-hydrogen) atoms. The maximum absolute atomic E-state index is 2.50. The maximum Gasteiger partial charge on any atom is 0.0559 e. The molecule has 0 radical (unpaired) electrons. The Morgan fingerprint density at radius 2 is 1.00 bits per heavy atom. The fourth-order valence-corrected chi connectivity index (χ4v) is 9.79. The van der Waals surface area contributed by atoms with Crippen LogP contribution in [0.1, 0.15) is 17.5 Å². The number of hydrogen-bond acceptors (Lipinski definition) is 1. The number of fused-ring (bicyclic) bond motifs is 5. The molecule has 0 saturated carbocycles. The molecule has 2 heteroatoms. The summed E-state index contributed by atoms with van der Waals surface area (Å²) < 4.78 is 2.43. The molecule has 0 N–H and O–H groups in total. The molecular formula is C58H44N2. The number of nitrogens with zero attached hydrogens (tertiary/aromatic N) is 2. The van der Waals surface area contributed by atoms with E-state index in [0.717, 1.165) is 12.1 Å². The molecule has 1 atom stereocenters. The third kappa shape index (κ3) is 5.87. The van der Waals surface area contributed by atoms with Gasteiger partial charge in [0.1, 0.15) is 0 Å². The predicted molar refractivity (Wildman–Crippen MR) is 257 cm³/mol. The normalized spacial score (nSPS) is 13.8. The van der Waals surface area contributed by atoms with Gasteiger partial charge in [0.25, 0.3) is 0 Å². The fraction of sp³-hybridized carbons (Fsp3) is 0.0690. The highest BCUT2D eigenvalue weighted by Gasteiger charge is 2.23. The van der Waals surface area contributed by atoms with Crippen molar-refractivity contribution >= 4 is 54.7 Å². The lowest BCUT2D eigenvalue weighted by Crippen LogP contribution is -2.30. The van der Waals surface area contributed by atoms with Crippen LogP contribution in [0.4, 0.5) is 11.4 Å². The standard InChI is InChI=1S/C58H44N2/c1-39-40(2)54(59(44-20-8-4-9-21-44)45-22-10-5-11-23-45)37-35-47(39)43-32-36-56-53(38-43)48-24-16-17-29-55(48)60(56)46-33-30-42(31-34-46)58-51-27-14-12-25-49(51)57(41-18-6-3-7-19-41)50-26-13-15-28-52(50)58/h3-22,24-38,45H,23H2,1-2H3. The van der Waals surface area contributed by atoms with Crippen molar-refractivity contribution in [3.63, 3.8) is 0 Å². The summed E-state index contributed by atoms with van der Waals surface area (Å²) in [5, 5.41) is 7.58. The lowest BCUT2D eigenvalue weighted by molar-refractivity contribution is 0.782. The van der Waals surface area contributed by atoms with Crippen LogP contribution in [-0.4, -0.2) is 10.6 Å². The Labute approximate surface area is 351 Å². The first-order valence-electron chi connectivity index (χ1n) is 21.0. The zero-order valence-corrected chi connectivity index (χ0v) is 33.9. The SMILES string of the molecule is Cc1c(-c2ccc3c(c2)c2ccccc2n3-c2ccc(-c3c4ccccc4c(-c4ccccc4)c4ccccc34)cc2)ccc(N(c2ccccc2)C2C=CC=CC2)c1C. The minimum absolute atomic E-state index is 0.261. The van der Waals surface area contributed by atoms with Crippen molar-refractivity contribution in [3.05, 3.63) is 223 Å². The highest BCUT2D eigenvalue weighted by atomic mass is 15.2. The molecule has 1 aliphatic rings. The zero-order valence-electron chi connectivity index (χ0n) is 33.9. The van der Waals surface area contributed by atoms with E-state index in [1.165, 1.54) is 99.2 Å². The van der Waals surface area contributed by atoms with Gasteiger partial charge in [0.05, 0.1) is 17.1 Å². The van der Waals surface area contributed by atoms with Crippen molar-refractivity contribution in [3.8, 4) is 39.1 Å². The smallest absolute Gasteiger partial charge is 0.0559 e. The second-order valence-electron chi connectivity index (χ2n) is 16.0. The van der Waals surface area contributed by atoms with Crippen molar-refractivity contribution < 1.29 is 0 Å². The van der Waals surface area contributed by atoms with Crippen LogP contribution in [0.2, 0.25) is 0 Å². The molecule has 1 aromatic heterocycles. The molecule has 1 unspecified atom stereocenters. The molecule has 0 saturated heterocycles. The summed E-state index contributed by atoms with van der Waals surface area (Å²) in [7, 11) is 0. The molecule has 0 fully saturated rings. The summed E-state index contributed by atoms with van der Waals surface area (Å²) in [5.74, 6) is 0. The number of rotatable bonds is 7. The number of anilines is 2. The van der Waals surface area contributed by atoms with Gasteiger partial charge in [-0.1, -0.05) is 164 Å². The Morgan fingerprint density at radius 1 is 0.450 bits per heavy atom. The second kappa shape index (κ2) is 14.8. The summed E-state index contributed by atoms with van der Waals surface area (Å²) in [6.07, 6.45) is 9.89. The van der Waals surface area contributed by atoms with Gasteiger partial charge in [0.15, 0.2) is 0 Å². The van der Waals surface area contributed by atoms with Gasteiger partial charge >= 0.3 is 0 Å². The van der Waals surface area contributed by atoms with E-state index >= 15 is 0 Å². The minimum atomic E-state index is 0.261. The molecule has 0 amide bonds. The van der Waals surface area contributed by atoms with Crippen molar-refractivity contribution in [2.24, 2.45) is 0 Å². The van der Waals surface area contributed by atoms with E-state index < -0.39 is 0 Å².